The molecule has 2 unspecified atom stereocenters. The number of amides is 2. The first kappa shape index (κ1) is 19.3. The number of phenols is 1. The summed E-state index contributed by atoms with van der Waals surface area (Å²) in [6.07, 6.45) is 2.53. The van der Waals surface area contributed by atoms with Gasteiger partial charge in [-0.15, -0.1) is 0 Å². The van der Waals surface area contributed by atoms with Crippen LogP contribution in [0.2, 0.25) is 10.0 Å². The van der Waals surface area contributed by atoms with Gasteiger partial charge in [-0.1, -0.05) is 23.2 Å². The summed E-state index contributed by atoms with van der Waals surface area (Å²) >= 11 is 12.0. The molecule has 2 aliphatic rings. The topological polar surface area (TPSA) is 95.7 Å². The van der Waals surface area contributed by atoms with Crippen molar-refractivity contribution in [1.82, 2.24) is 10.2 Å². The SMILES string of the molecule is NC(c1cc(Cl)c(Cl)cc1O)C1CCN(C(=O)C2CCC(=O)NC2)CC1. The summed E-state index contributed by atoms with van der Waals surface area (Å²) in [6, 6.07) is 2.66. The number of rotatable bonds is 3. The van der Waals surface area contributed by atoms with Crippen LogP contribution < -0.4 is 11.1 Å². The summed E-state index contributed by atoms with van der Waals surface area (Å²) in [7, 11) is 0. The van der Waals surface area contributed by atoms with Crippen LogP contribution in [0, 0.1) is 11.8 Å². The van der Waals surface area contributed by atoms with Crippen molar-refractivity contribution in [1.29, 1.82) is 0 Å². The maximum atomic E-state index is 12.6. The summed E-state index contributed by atoms with van der Waals surface area (Å²) in [4.78, 5) is 25.7. The normalized spacial score (nSPS) is 22.8. The van der Waals surface area contributed by atoms with Gasteiger partial charge in [-0.2, -0.15) is 0 Å². The van der Waals surface area contributed by atoms with Gasteiger partial charge in [0.05, 0.1) is 16.0 Å². The van der Waals surface area contributed by atoms with E-state index in [1.165, 1.54) is 6.07 Å². The van der Waals surface area contributed by atoms with E-state index >= 15 is 0 Å². The highest BCUT2D eigenvalue weighted by Gasteiger charge is 2.33. The Bertz CT molecular complexity index is 695. The van der Waals surface area contributed by atoms with Crippen molar-refractivity contribution in [2.24, 2.45) is 17.6 Å². The van der Waals surface area contributed by atoms with Crippen LogP contribution in [0.3, 0.4) is 0 Å². The molecular weight excluding hydrogens is 377 g/mol. The first-order valence-electron chi connectivity index (χ1n) is 8.85. The average Bonchev–Trinajstić information content (AvgIpc) is 2.64. The molecule has 1 aromatic rings. The highest BCUT2D eigenvalue weighted by molar-refractivity contribution is 6.42. The number of benzene rings is 1. The first-order valence-corrected chi connectivity index (χ1v) is 9.61. The van der Waals surface area contributed by atoms with Crippen molar-refractivity contribution < 1.29 is 14.7 Å². The summed E-state index contributed by atoms with van der Waals surface area (Å²) in [6.45, 7) is 1.68. The lowest BCUT2D eigenvalue weighted by Crippen LogP contribution is -2.48. The predicted molar refractivity (Wildman–Crippen MR) is 100 cm³/mol. The first-order chi connectivity index (χ1) is 12.4. The lowest BCUT2D eigenvalue weighted by molar-refractivity contribution is -0.138. The van der Waals surface area contributed by atoms with E-state index in [2.05, 4.69) is 5.32 Å². The van der Waals surface area contributed by atoms with Gasteiger partial charge in [0.25, 0.3) is 0 Å². The number of carbonyl (C=O) groups excluding carboxylic acids is 2. The van der Waals surface area contributed by atoms with Crippen molar-refractivity contribution in [3.63, 3.8) is 0 Å². The van der Waals surface area contributed by atoms with Crippen LogP contribution in [0.1, 0.15) is 37.3 Å². The molecule has 26 heavy (non-hydrogen) atoms. The van der Waals surface area contributed by atoms with Crippen molar-refractivity contribution in [3.8, 4) is 5.75 Å². The Hall–Kier alpha value is -1.50. The highest BCUT2D eigenvalue weighted by Crippen LogP contribution is 2.38. The summed E-state index contributed by atoms with van der Waals surface area (Å²) in [5.41, 5.74) is 6.94. The second-order valence-electron chi connectivity index (χ2n) is 7.05. The van der Waals surface area contributed by atoms with Crippen molar-refractivity contribution in [3.05, 3.63) is 27.7 Å². The van der Waals surface area contributed by atoms with Crippen LogP contribution in [0.4, 0.5) is 0 Å². The molecular formula is C18H23Cl2N3O3. The van der Waals surface area contributed by atoms with Gasteiger partial charge in [0, 0.05) is 43.7 Å². The van der Waals surface area contributed by atoms with Gasteiger partial charge < -0.3 is 21.1 Å². The van der Waals surface area contributed by atoms with Gasteiger partial charge in [-0.25, -0.2) is 0 Å². The van der Waals surface area contributed by atoms with Crippen LogP contribution in [0.5, 0.6) is 5.75 Å². The predicted octanol–water partition coefficient (Wildman–Crippen LogP) is 2.46. The Morgan fingerprint density at radius 3 is 2.50 bits per heavy atom. The Labute approximate surface area is 162 Å². The molecule has 0 saturated carbocycles. The quantitative estimate of drug-likeness (QED) is 0.727. The number of likely N-dealkylation sites (tertiary alicyclic amines) is 1. The van der Waals surface area contributed by atoms with Gasteiger partial charge >= 0.3 is 0 Å². The molecule has 1 aromatic carbocycles. The number of aromatic hydroxyl groups is 1. The minimum Gasteiger partial charge on any atom is -0.508 e. The highest BCUT2D eigenvalue weighted by atomic mass is 35.5. The summed E-state index contributed by atoms with van der Waals surface area (Å²) < 4.78 is 0. The second kappa shape index (κ2) is 8.03. The van der Waals surface area contributed by atoms with Crippen molar-refractivity contribution >= 4 is 35.0 Å². The molecule has 4 N–H and O–H groups in total. The van der Waals surface area contributed by atoms with Crippen LogP contribution >= 0.6 is 23.2 Å². The summed E-state index contributed by atoms with van der Waals surface area (Å²) in [5, 5.41) is 13.5. The zero-order valence-corrected chi connectivity index (χ0v) is 15.9. The molecule has 2 saturated heterocycles. The Morgan fingerprint density at radius 2 is 1.88 bits per heavy atom. The molecule has 6 nitrogen and oxygen atoms in total. The number of piperidine rings is 2. The average molecular weight is 400 g/mol. The molecule has 2 heterocycles. The van der Waals surface area contributed by atoms with Crippen molar-refractivity contribution in [2.45, 2.75) is 31.7 Å². The van der Waals surface area contributed by atoms with E-state index in [0.717, 1.165) is 12.8 Å². The van der Waals surface area contributed by atoms with Gasteiger partial charge in [0.1, 0.15) is 5.75 Å². The number of nitrogens with two attached hydrogens (primary N) is 1. The maximum absolute atomic E-state index is 12.6. The van der Waals surface area contributed by atoms with Crippen LogP contribution in [-0.2, 0) is 9.59 Å². The smallest absolute Gasteiger partial charge is 0.227 e. The summed E-state index contributed by atoms with van der Waals surface area (Å²) in [5.74, 6) is 0.184. The minimum absolute atomic E-state index is 0.0140. The molecule has 0 radical (unpaired) electrons. The molecule has 2 atom stereocenters. The Balaban J connectivity index is 1.59. The molecule has 3 rings (SSSR count). The number of hydrogen-bond acceptors (Lipinski definition) is 4. The van der Waals surface area contributed by atoms with Crippen molar-refractivity contribution in [2.75, 3.05) is 19.6 Å². The Kier molecular flexibility index (Phi) is 5.95. The lowest BCUT2D eigenvalue weighted by Gasteiger charge is -2.37. The van der Waals surface area contributed by atoms with E-state index in [9.17, 15) is 14.7 Å². The van der Waals surface area contributed by atoms with Crippen LogP contribution in [0.25, 0.3) is 0 Å². The zero-order chi connectivity index (χ0) is 18.8. The largest absolute Gasteiger partial charge is 0.508 e. The van der Waals surface area contributed by atoms with Gasteiger partial charge in [-0.3, -0.25) is 9.59 Å². The fourth-order valence-corrected chi connectivity index (χ4v) is 4.08. The van der Waals surface area contributed by atoms with Gasteiger partial charge in [0.15, 0.2) is 0 Å². The monoisotopic (exact) mass is 399 g/mol. The second-order valence-corrected chi connectivity index (χ2v) is 7.87. The fraction of sp³-hybridized carbons (Fsp3) is 0.556. The fourth-order valence-electron chi connectivity index (χ4n) is 3.75. The third-order valence-electron chi connectivity index (χ3n) is 5.40. The third kappa shape index (κ3) is 4.08. The molecule has 0 aliphatic carbocycles. The van der Waals surface area contributed by atoms with Crippen LogP contribution in [0.15, 0.2) is 12.1 Å². The number of carbonyl (C=O) groups is 2. The number of halogens is 2. The van der Waals surface area contributed by atoms with Gasteiger partial charge in [0.2, 0.25) is 11.8 Å². The van der Waals surface area contributed by atoms with E-state index in [-0.39, 0.29) is 35.4 Å². The zero-order valence-electron chi connectivity index (χ0n) is 14.4. The number of phenolic OH excluding ortho intramolecular Hbond substituents is 1. The number of nitrogens with one attached hydrogen (secondary N) is 1. The molecule has 0 spiro atoms. The van der Waals surface area contributed by atoms with Crippen LogP contribution in [-0.4, -0.2) is 41.5 Å². The standard InChI is InChI=1S/C18H23Cl2N3O3/c19-13-7-12(15(24)8-14(13)20)17(21)10-3-5-23(6-4-10)18(26)11-1-2-16(25)22-9-11/h7-8,10-11,17,24H,1-6,9,21H2,(H,22,25). The molecule has 2 amide bonds. The van der Waals surface area contributed by atoms with E-state index in [1.807, 2.05) is 4.90 Å². The van der Waals surface area contributed by atoms with E-state index in [1.54, 1.807) is 6.07 Å². The lowest BCUT2D eigenvalue weighted by atomic mass is 9.85. The van der Waals surface area contributed by atoms with E-state index in [4.69, 9.17) is 28.9 Å². The molecule has 0 bridgehead atoms. The molecule has 0 aromatic heterocycles. The van der Waals surface area contributed by atoms with E-state index < -0.39 is 0 Å². The maximum Gasteiger partial charge on any atom is 0.227 e. The Morgan fingerprint density at radius 1 is 1.23 bits per heavy atom. The number of nitrogens with zero attached hydrogens (tertiary/aromatic N) is 1. The van der Waals surface area contributed by atoms with Gasteiger partial charge in [-0.05, 0) is 31.2 Å². The molecule has 8 heteroatoms. The molecule has 2 fully saturated rings. The minimum atomic E-state index is -0.365. The van der Waals surface area contributed by atoms with E-state index in [0.29, 0.717) is 48.1 Å². The number of hydrogen-bond donors (Lipinski definition) is 3. The molecule has 142 valence electrons. The third-order valence-corrected chi connectivity index (χ3v) is 6.12. The molecule has 2 aliphatic heterocycles.